The largest absolute Gasteiger partial charge is 0.368 e. The van der Waals surface area contributed by atoms with E-state index >= 15 is 0 Å². The number of nitrogens with one attached hydrogen (secondary N) is 1. The summed E-state index contributed by atoms with van der Waals surface area (Å²) in [5.41, 5.74) is 4.66. The third kappa shape index (κ3) is 2.98. The van der Waals surface area contributed by atoms with E-state index in [0.717, 1.165) is 24.2 Å². The highest BCUT2D eigenvalue weighted by atomic mass is 16.1. The minimum absolute atomic E-state index is 0.0749. The van der Waals surface area contributed by atoms with Crippen LogP contribution in [-0.2, 0) is 11.2 Å². The van der Waals surface area contributed by atoms with Gasteiger partial charge in [0.2, 0.25) is 5.91 Å². The van der Waals surface area contributed by atoms with Crippen LogP contribution in [-0.4, -0.2) is 18.5 Å². The number of aryl methyl sites for hydroxylation is 1. The number of carbonyl (C=O) groups excluding carboxylic acids is 1. The average molecular weight is 294 g/mol. The van der Waals surface area contributed by atoms with E-state index in [4.69, 9.17) is 0 Å². The molecule has 3 nitrogen and oxygen atoms in total. The van der Waals surface area contributed by atoms with Gasteiger partial charge in [0.1, 0.15) is 0 Å². The average Bonchev–Trinajstić information content (AvgIpc) is 2.83. The number of anilines is 2. The first-order valence-electron chi connectivity index (χ1n) is 7.85. The van der Waals surface area contributed by atoms with Crippen LogP contribution >= 0.6 is 0 Å². The van der Waals surface area contributed by atoms with Crippen LogP contribution in [0.3, 0.4) is 0 Å². The lowest BCUT2D eigenvalue weighted by atomic mass is 10.1. The number of fused-ring (bicyclic) bond motifs is 1. The maximum atomic E-state index is 12.2. The summed E-state index contributed by atoms with van der Waals surface area (Å²) in [6.45, 7) is 4.99. The fourth-order valence-electron chi connectivity index (χ4n) is 3.12. The summed E-state index contributed by atoms with van der Waals surface area (Å²) in [7, 11) is 0. The Hall–Kier alpha value is -2.29. The number of para-hydroxylation sites is 2. The van der Waals surface area contributed by atoms with Gasteiger partial charge in [0.15, 0.2) is 0 Å². The summed E-state index contributed by atoms with van der Waals surface area (Å²) in [4.78, 5) is 14.5. The lowest BCUT2D eigenvalue weighted by Gasteiger charge is -2.24. The highest BCUT2D eigenvalue weighted by molar-refractivity contribution is 5.91. The molecule has 0 aromatic heterocycles. The highest BCUT2D eigenvalue weighted by Gasteiger charge is 2.25. The van der Waals surface area contributed by atoms with Crippen LogP contribution in [0.5, 0.6) is 0 Å². The standard InChI is InChI=1S/C19H22N2O/c1-14-7-3-5-9-17(14)20-19(22)11-12-21-15(2)13-16-8-4-6-10-18(16)21/h3-10,15H,11-13H2,1-2H3,(H,20,22). The number of benzene rings is 2. The lowest BCUT2D eigenvalue weighted by molar-refractivity contribution is -0.116. The first kappa shape index (κ1) is 14.6. The Bertz CT molecular complexity index is 681. The second kappa shape index (κ2) is 6.22. The van der Waals surface area contributed by atoms with Gasteiger partial charge in [0.05, 0.1) is 0 Å². The Kier molecular flexibility index (Phi) is 4.14. The van der Waals surface area contributed by atoms with E-state index < -0.39 is 0 Å². The zero-order chi connectivity index (χ0) is 15.5. The first-order chi connectivity index (χ1) is 10.6. The van der Waals surface area contributed by atoms with Crippen LogP contribution in [0.15, 0.2) is 48.5 Å². The van der Waals surface area contributed by atoms with E-state index in [0.29, 0.717) is 12.5 Å². The molecule has 3 heteroatoms. The monoisotopic (exact) mass is 294 g/mol. The summed E-state index contributed by atoms with van der Waals surface area (Å²) in [6, 6.07) is 16.8. The molecule has 0 bridgehead atoms. The van der Waals surface area contributed by atoms with E-state index in [1.807, 2.05) is 31.2 Å². The van der Waals surface area contributed by atoms with Crippen molar-refractivity contribution in [3.63, 3.8) is 0 Å². The number of nitrogens with zero attached hydrogens (tertiary/aromatic N) is 1. The molecule has 0 aliphatic carbocycles. The summed E-state index contributed by atoms with van der Waals surface area (Å²) < 4.78 is 0. The smallest absolute Gasteiger partial charge is 0.226 e. The Morgan fingerprint density at radius 3 is 2.73 bits per heavy atom. The van der Waals surface area contributed by atoms with E-state index in [9.17, 15) is 4.79 Å². The molecule has 0 radical (unpaired) electrons. The number of amides is 1. The first-order valence-corrected chi connectivity index (χ1v) is 7.85. The van der Waals surface area contributed by atoms with Crippen molar-refractivity contribution in [1.82, 2.24) is 0 Å². The molecule has 0 saturated carbocycles. The summed E-state index contributed by atoms with van der Waals surface area (Å²) in [6.07, 6.45) is 1.57. The van der Waals surface area contributed by atoms with Crippen molar-refractivity contribution in [1.29, 1.82) is 0 Å². The maximum absolute atomic E-state index is 12.2. The minimum atomic E-state index is 0.0749. The molecule has 0 saturated heterocycles. The van der Waals surface area contributed by atoms with E-state index in [-0.39, 0.29) is 5.91 Å². The van der Waals surface area contributed by atoms with Gasteiger partial charge in [-0.15, -0.1) is 0 Å². The molecular weight excluding hydrogens is 272 g/mol. The van der Waals surface area contributed by atoms with Crippen molar-refractivity contribution in [2.24, 2.45) is 0 Å². The molecule has 114 valence electrons. The number of rotatable bonds is 4. The van der Waals surface area contributed by atoms with Gasteiger partial charge in [-0.1, -0.05) is 36.4 Å². The fraction of sp³-hybridized carbons (Fsp3) is 0.316. The molecule has 1 aliphatic heterocycles. The molecule has 0 spiro atoms. The maximum Gasteiger partial charge on any atom is 0.226 e. The molecule has 2 aromatic carbocycles. The van der Waals surface area contributed by atoms with Crippen LogP contribution in [0.1, 0.15) is 24.5 Å². The van der Waals surface area contributed by atoms with Crippen LogP contribution in [0.4, 0.5) is 11.4 Å². The van der Waals surface area contributed by atoms with Crippen molar-refractivity contribution in [3.8, 4) is 0 Å². The van der Waals surface area contributed by atoms with Gasteiger partial charge in [-0.2, -0.15) is 0 Å². The van der Waals surface area contributed by atoms with E-state index in [1.165, 1.54) is 11.3 Å². The lowest BCUT2D eigenvalue weighted by Crippen LogP contribution is -2.32. The SMILES string of the molecule is Cc1ccccc1NC(=O)CCN1c2ccccc2CC1C. The molecule has 1 atom stereocenters. The zero-order valence-electron chi connectivity index (χ0n) is 13.2. The molecule has 3 rings (SSSR count). The Morgan fingerprint density at radius 1 is 1.18 bits per heavy atom. The van der Waals surface area contributed by atoms with Gasteiger partial charge in [-0.05, 0) is 43.5 Å². The molecular formula is C19H22N2O. The Balaban J connectivity index is 1.61. The van der Waals surface area contributed by atoms with Gasteiger partial charge in [-0.3, -0.25) is 4.79 Å². The van der Waals surface area contributed by atoms with Crippen LogP contribution < -0.4 is 10.2 Å². The number of hydrogen-bond acceptors (Lipinski definition) is 2. The normalized spacial score (nSPS) is 16.5. The molecule has 1 heterocycles. The quantitative estimate of drug-likeness (QED) is 0.931. The van der Waals surface area contributed by atoms with Crippen molar-refractivity contribution in [2.45, 2.75) is 32.7 Å². The van der Waals surface area contributed by atoms with Gasteiger partial charge >= 0.3 is 0 Å². The highest BCUT2D eigenvalue weighted by Crippen LogP contribution is 2.31. The van der Waals surface area contributed by atoms with Crippen molar-refractivity contribution in [3.05, 3.63) is 59.7 Å². The predicted octanol–water partition coefficient (Wildman–Crippen LogP) is 3.77. The molecule has 1 N–H and O–H groups in total. The molecule has 2 aromatic rings. The zero-order valence-corrected chi connectivity index (χ0v) is 13.2. The third-order valence-electron chi connectivity index (χ3n) is 4.35. The number of hydrogen-bond donors (Lipinski definition) is 1. The van der Waals surface area contributed by atoms with Gasteiger partial charge < -0.3 is 10.2 Å². The van der Waals surface area contributed by atoms with Crippen molar-refractivity contribution < 1.29 is 4.79 Å². The van der Waals surface area contributed by atoms with Gasteiger partial charge in [0, 0.05) is 30.4 Å². The van der Waals surface area contributed by atoms with Crippen LogP contribution in [0, 0.1) is 6.92 Å². The molecule has 1 aliphatic rings. The molecule has 22 heavy (non-hydrogen) atoms. The van der Waals surface area contributed by atoms with Crippen LogP contribution in [0.25, 0.3) is 0 Å². The van der Waals surface area contributed by atoms with E-state index in [2.05, 4.69) is 41.4 Å². The summed E-state index contributed by atoms with van der Waals surface area (Å²) in [5, 5.41) is 3.01. The Labute approximate surface area is 132 Å². The van der Waals surface area contributed by atoms with Gasteiger partial charge in [-0.25, -0.2) is 0 Å². The molecule has 0 fully saturated rings. The van der Waals surface area contributed by atoms with Crippen LogP contribution in [0.2, 0.25) is 0 Å². The summed E-state index contributed by atoms with van der Waals surface area (Å²) in [5.74, 6) is 0.0749. The van der Waals surface area contributed by atoms with Crippen molar-refractivity contribution in [2.75, 3.05) is 16.8 Å². The second-order valence-corrected chi connectivity index (χ2v) is 5.99. The topological polar surface area (TPSA) is 32.3 Å². The fourth-order valence-corrected chi connectivity index (χ4v) is 3.12. The summed E-state index contributed by atoms with van der Waals surface area (Å²) >= 11 is 0. The third-order valence-corrected chi connectivity index (χ3v) is 4.35. The predicted molar refractivity (Wildman–Crippen MR) is 91.4 cm³/mol. The van der Waals surface area contributed by atoms with E-state index in [1.54, 1.807) is 0 Å². The molecule has 1 amide bonds. The Morgan fingerprint density at radius 2 is 1.91 bits per heavy atom. The minimum Gasteiger partial charge on any atom is -0.368 e. The molecule has 1 unspecified atom stereocenters. The number of carbonyl (C=O) groups is 1. The van der Waals surface area contributed by atoms with Gasteiger partial charge in [0.25, 0.3) is 0 Å². The van der Waals surface area contributed by atoms with Crippen molar-refractivity contribution >= 4 is 17.3 Å². The second-order valence-electron chi connectivity index (χ2n) is 5.99.